The number of carbonyl (C=O) groups excluding carboxylic acids is 1. The number of fused-ring (bicyclic) bond motifs is 1. The number of hydrogen-bond donors (Lipinski definition) is 1. The summed E-state index contributed by atoms with van der Waals surface area (Å²) in [6.45, 7) is 0. The number of hydrogen-bond acceptors (Lipinski definition) is 5. The number of aromatic nitrogens is 1. The molecule has 28 heavy (non-hydrogen) atoms. The van der Waals surface area contributed by atoms with Gasteiger partial charge in [0.2, 0.25) is 0 Å². The van der Waals surface area contributed by atoms with Gasteiger partial charge in [0, 0.05) is 11.1 Å². The van der Waals surface area contributed by atoms with Gasteiger partial charge in [-0.3, -0.25) is 10.1 Å². The zero-order valence-corrected chi connectivity index (χ0v) is 16.4. The second-order valence-corrected chi connectivity index (χ2v) is 7.33. The molecule has 0 saturated heterocycles. The maximum absolute atomic E-state index is 12.6. The van der Waals surface area contributed by atoms with Crippen molar-refractivity contribution >= 4 is 44.2 Å². The molecule has 0 atom stereocenters. The van der Waals surface area contributed by atoms with Crippen molar-refractivity contribution in [3.8, 4) is 17.2 Å². The van der Waals surface area contributed by atoms with Gasteiger partial charge in [0.1, 0.15) is 17.2 Å². The molecule has 5 nitrogen and oxygen atoms in total. The maximum atomic E-state index is 12.6. The van der Waals surface area contributed by atoms with E-state index in [1.807, 2.05) is 48.5 Å². The standard InChI is InChI=1S/C21H15ClN2O3S/c1-26-18-10-7-13(22)11-16(18)20(25)24-21-23-17-9-8-15(12-19(17)28-21)27-14-5-3-2-4-6-14/h2-12H,1H3,(H,23,24,25). The van der Waals surface area contributed by atoms with E-state index < -0.39 is 0 Å². The highest BCUT2D eigenvalue weighted by Gasteiger charge is 2.15. The van der Waals surface area contributed by atoms with Crippen LogP contribution in [0.5, 0.6) is 17.2 Å². The van der Waals surface area contributed by atoms with Crippen LogP contribution in [0.2, 0.25) is 5.02 Å². The molecule has 1 heterocycles. The van der Waals surface area contributed by atoms with Crippen LogP contribution in [0.4, 0.5) is 5.13 Å². The molecule has 0 saturated carbocycles. The van der Waals surface area contributed by atoms with Crippen molar-refractivity contribution in [1.29, 1.82) is 0 Å². The lowest BCUT2D eigenvalue weighted by atomic mass is 10.2. The van der Waals surface area contributed by atoms with E-state index in [0.717, 1.165) is 16.0 Å². The molecule has 0 aliphatic rings. The van der Waals surface area contributed by atoms with E-state index in [4.69, 9.17) is 21.1 Å². The summed E-state index contributed by atoms with van der Waals surface area (Å²) in [4.78, 5) is 17.1. The Morgan fingerprint density at radius 2 is 1.86 bits per heavy atom. The van der Waals surface area contributed by atoms with Crippen molar-refractivity contribution in [2.75, 3.05) is 12.4 Å². The summed E-state index contributed by atoms with van der Waals surface area (Å²) in [5.41, 5.74) is 1.13. The third-order valence-corrected chi connectivity index (χ3v) is 5.13. The fourth-order valence-electron chi connectivity index (χ4n) is 2.67. The second kappa shape index (κ2) is 7.88. The summed E-state index contributed by atoms with van der Waals surface area (Å²) in [5.74, 6) is 1.57. The van der Waals surface area contributed by atoms with Crippen molar-refractivity contribution < 1.29 is 14.3 Å². The molecule has 4 rings (SSSR count). The number of thiazole rings is 1. The fourth-order valence-corrected chi connectivity index (χ4v) is 3.73. The average Bonchev–Trinajstić information content (AvgIpc) is 3.10. The zero-order chi connectivity index (χ0) is 19.5. The average molecular weight is 411 g/mol. The zero-order valence-electron chi connectivity index (χ0n) is 14.8. The number of halogens is 1. The molecule has 140 valence electrons. The lowest BCUT2D eigenvalue weighted by molar-refractivity contribution is 0.102. The molecule has 0 spiro atoms. The molecule has 1 N–H and O–H groups in total. The summed E-state index contributed by atoms with van der Waals surface area (Å²) in [7, 11) is 1.51. The number of nitrogens with one attached hydrogen (secondary N) is 1. The van der Waals surface area contributed by atoms with Crippen LogP contribution in [0, 0.1) is 0 Å². The Hall–Kier alpha value is -3.09. The van der Waals surface area contributed by atoms with E-state index in [1.165, 1.54) is 18.4 Å². The molecule has 1 aromatic heterocycles. The van der Waals surface area contributed by atoms with Crippen LogP contribution in [0.3, 0.4) is 0 Å². The highest BCUT2D eigenvalue weighted by atomic mass is 35.5. The van der Waals surface area contributed by atoms with Crippen molar-refractivity contribution in [3.05, 3.63) is 77.3 Å². The maximum Gasteiger partial charge on any atom is 0.261 e. The Labute approximate surface area is 170 Å². The minimum Gasteiger partial charge on any atom is -0.496 e. The topological polar surface area (TPSA) is 60.5 Å². The first-order chi connectivity index (χ1) is 13.6. The lowest BCUT2D eigenvalue weighted by Crippen LogP contribution is -2.13. The van der Waals surface area contributed by atoms with Gasteiger partial charge in [-0.05, 0) is 42.5 Å². The lowest BCUT2D eigenvalue weighted by Gasteiger charge is -2.08. The molecule has 0 fully saturated rings. The Kier molecular flexibility index (Phi) is 5.14. The van der Waals surface area contributed by atoms with Crippen LogP contribution in [0.25, 0.3) is 10.2 Å². The summed E-state index contributed by atoms with van der Waals surface area (Å²) >= 11 is 7.37. The smallest absolute Gasteiger partial charge is 0.261 e. The highest BCUT2D eigenvalue weighted by molar-refractivity contribution is 7.22. The predicted molar refractivity (Wildman–Crippen MR) is 112 cm³/mol. The van der Waals surface area contributed by atoms with E-state index in [1.54, 1.807) is 18.2 Å². The van der Waals surface area contributed by atoms with E-state index >= 15 is 0 Å². The largest absolute Gasteiger partial charge is 0.496 e. The number of nitrogens with zero attached hydrogens (tertiary/aromatic N) is 1. The van der Waals surface area contributed by atoms with E-state index in [2.05, 4.69) is 10.3 Å². The first-order valence-electron chi connectivity index (χ1n) is 8.41. The quantitative estimate of drug-likeness (QED) is 0.438. The van der Waals surface area contributed by atoms with Gasteiger partial charge in [-0.2, -0.15) is 0 Å². The van der Waals surface area contributed by atoms with Gasteiger partial charge in [-0.1, -0.05) is 41.1 Å². The number of methoxy groups -OCH3 is 1. The number of para-hydroxylation sites is 1. The van der Waals surface area contributed by atoms with E-state index in [9.17, 15) is 4.79 Å². The van der Waals surface area contributed by atoms with E-state index in [0.29, 0.717) is 27.2 Å². The normalized spacial score (nSPS) is 10.6. The molecule has 0 aliphatic carbocycles. The molecular weight excluding hydrogens is 396 g/mol. The molecule has 0 aliphatic heterocycles. The van der Waals surface area contributed by atoms with Crippen molar-refractivity contribution in [2.24, 2.45) is 0 Å². The molecule has 0 unspecified atom stereocenters. The summed E-state index contributed by atoms with van der Waals surface area (Å²) < 4.78 is 12.0. The third-order valence-electron chi connectivity index (χ3n) is 3.97. The Morgan fingerprint density at radius 3 is 2.64 bits per heavy atom. The van der Waals surface area contributed by atoms with Crippen LogP contribution in [0.1, 0.15) is 10.4 Å². The second-order valence-electron chi connectivity index (χ2n) is 5.86. The molecule has 0 radical (unpaired) electrons. The number of anilines is 1. The molecule has 4 aromatic rings. The van der Waals surface area contributed by atoms with Crippen LogP contribution in [0.15, 0.2) is 66.7 Å². The Bertz CT molecular complexity index is 1150. The number of rotatable bonds is 5. The predicted octanol–water partition coefficient (Wildman–Crippen LogP) is 6.00. The van der Waals surface area contributed by atoms with Gasteiger partial charge in [-0.15, -0.1) is 0 Å². The fraction of sp³-hybridized carbons (Fsp3) is 0.0476. The summed E-state index contributed by atoms with van der Waals surface area (Å²) in [6, 6.07) is 20.0. The SMILES string of the molecule is COc1ccc(Cl)cc1C(=O)Nc1nc2ccc(Oc3ccccc3)cc2s1. The minimum atomic E-state index is -0.334. The van der Waals surface area contributed by atoms with Crippen molar-refractivity contribution in [3.63, 3.8) is 0 Å². The molecular formula is C21H15ClN2O3S. The Morgan fingerprint density at radius 1 is 1.04 bits per heavy atom. The Balaban J connectivity index is 1.56. The van der Waals surface area contributed by atoms with Gasteiger partial charge in [0.05, 0.1) is 22.9 Å². The van der Waals surface area contributed by atoms with Gasteiger partial charge in [0.25, 0.3) is 5.91 Å². The number of amides is 1. The molecule has 7 heteroatoms. The van der Waals surface area contributed by atoms with E-state index in [-0.39, 0.29) is 5.91 Å². The van der Waals surface area contributed by atoms with Crippen LogP contribution in [-0.2, 0) is 0 Å². The van der Waals surface area contributed by atoms with Crippen molar-refractivity contribution in [1.82, 2.24) is 4.98 Å². The minimum absolute atomic E-state index is 0.334. The van der Waals surface area contributed by atoms with Crippen LogP contribution in [-0.4, -0.2) is 18.0 Å². The highest BCUT2D eigenvalue weighted by Crippen LogP contribution is 2.32. The van der Waals surface area contributed by atoms with Gasteiger partial charge in [0.15, 0.2) is 5.13 Å². The number of ether oxygens (including phenoxy) is 2. The number of benzene rings is 3. The third kappa shape index (κ3) is 3.93. The summed E-state index contributed by atoms with van der Waals surface area (Å²) in [6.07, 6.45) is 0. The number of carbonyl (C=O) groups is 1. The van der Waals surface area contributed by atoms with Crippen LogP contribution < -0.4 is 14.8 Å². The van der Waals surface area contributed by atoms with Gasteiger partial charge < -0.3 is 9.47 Å². The monoisotopic (exact) mass is 410 g/mol. The molecule has 1 amide bonds. The summed E-state index contributed by atoms with van der Waals surface area (Å²) in [5, 5.41) is 3.75. The molecule has 3 aromatic carbocycles. The molecule has 0 bridgehead atoms. The van der Waals surface area contributed by atoms with Gasteiger partial charge in [-0.25, -0.2) is 4.98 Å². The first-order valence-corrected chi connectivity index (χ1v) is 9.60. The van der Waals surface area contributed by atoms with Crippen molar-refractivity contribution in [2.45, 2.75) is 0 Å². The first kappa shape index (κ1) is 18.3. The van der Waals surface area contributed by atoms with Gasteiger partial charge >= 0.3 is 0 Å². The van der Waals surface area contributed by atoms with Crippen LogP contribution >= 0.6 is 22.9 Å².